The molecule has 21 heavy (non-hydrogen) atoms. The third-order valence-electron chi connectivity index (χ3n) is 2.85. The highest BCUT2D eigenvalue weighted by molar-refractivity contribution is 7.89. The molecule has 1 amide bonds. The minimum absolute atomic E-state index is 0.111. The molecule has 1 aromatic carbocycles. The summed E-state index contributed by atoms with van der Waals surface area (Å²) >= 11 is 0. The number of unbranched alkanes of at least 4 members (excludes halogenated alkanes) is 1. The van der Waals surface area contributed by atoms with Crippen LogP contribution in [0.25, 0.3) is 0 Å². The summed E-state index contributed by atoms with van der Waals surface area (Å²) in [6, 6.07) is 5.51. The summed E-state index contributed by atoms with van der Waals surface area (Å²) in [6.45, 7) is 3.63. The van der Waals surface area contributed by atoms with E-state index in [4.69, 9.17) is 10.5 Å². The van der Waals surface area contributed by atoms with Crippen molar-refractivity contribution in [2.45, 2.75) is 31.1 Å². The van der Waals surface area contributed by atoms with E-state index in [0.717, 1.165) is 12.8 Å². The Bertz CT molecular complexity index is 541. The maximum absolute atomic E-state index is 12.0. The number of hydrogen-bond acceptors (Lipinski definition) is 4. The van der Waals surface area contributed by atoms with Gasteiger partial charge in [0.2, 0.25) is 15.9 Å². The summed E-state index contributed by atoms with van der Waals surface area (Å²) in [5.74, 6) is -0.587. The van der Waals surface area contributed by atoms with Crippen molar-refractivity contribution in [3.05, 3.63) is 29.8 Å². The van der Waals surface area contributed by atoms with Crippen LogP contribution < -0.4 is 10.5 Å². The number of sulfonamides is 1. The van der Waals surface area contributed by atoms with Gasteiger partial charge in [-0.15, -0.1) is 0 Å². The van der Waals surface area contributed by atoms with Gasteiger partial charge in [-0.25, -0.2) is 13.1 Å². The van der Waals surface area contributed by atoms with Crippen molar-refractivity contribution in [2.24, 2.45) is 5.73 Å². The van der Waals surface area contributed by atoms with Gasteiger partial charge in [-0.05, 0) is 37.1 Å². The molecule has 118 valence electrons. The Morgan fingerprint density at radius 2 is 1.81 bits per heavy atom. The van der Waals surface area contributed by atoms with Crippen LogP contribution in [0.1, 0.15) is 36.5 Å². The van der Waals surface area contributed by atoms with Crippen molar-refractivity contribution in [1.82, 2.24) is 4.72 Å². The summed E-state index contributed by atoms with van der Waals surface area (Å²) in [5, 5.41) is 0. The lowest BCUT2D eigenvalue weighted by Crippen LogP contribution is -2.25. The molecule has 0 aliphatic carbocycles. The molecule has 6 nitrogen and oxygen atoms in total. The molecule has 0 radical (unpaired) electrons. The van der Waals surface area contributed by atoms with Gasteiger partial charge in [0.15, 0.2) is 0 Å². The fraction of sp³-hybridized carbons (Fsp3) is 0.500. The van der Waals surface area contributed by atoms with Crippen molar-refractivity contribution >= 4 is 15.9 Å². The molecule has 0 atom stereocenters. The first kappa shape index (κ1) is 17.6. The van der Waals surface area contributed by atoms with E-state index >= 15 is 0 Å². The van der Waals surface area contributed by atoms with Crippen LogP contribution in [0.4, 0.5) is 0 Å². The minimum Gasteiger partial charge on any atom is -0.381 e. The molecule has 0 saturated heterocycles. The fourth-order valence-electron chi connectivity index (χ4n) is 1.61. The molecule has 1 aromatic rings. The lowest BCUT2D eigenvalue weighted by atomic mass is 10.2. The van der Waals surface area contributed by atoms with Gasteiger partial charge in [-0.1, -0.05) is 13.3 Å². The second-order valence-corrected chi connectivity index (χ2v) is 6.37. The van der Waals surface area contributed by atoms with Gasteiger partial charge in [0.25, 0.3) is 0 Å². The topological polar surface area (TPSA) is 98.5 Å². The van der Waals surface area contributed by atoms with Gasteiger partial charge in [-0.3, -0.25) is 4.79 Å². The van der Waals surface area contributed by atoms with Crippen molar-refractivity contribution in [3.63, 3.8) is 0 Å². The van der Waals surface area contributed by atoms with Gasteiger partial charge < -0.3 is 10.5 Å². The number of rotatable bonds is 10. The molecule has 0 saturated carbocycles. The monoisotopic (exact) mass is 314 g/mol. The predicted octanol–water partition coefficient (Wildman–Crippen LogP) is 1.27. The fourth-order valence-corrected chi connectivity index (χ4v) is 2.69. The second kappa shape index (κ2) is 8.76. The van der Waals surface area contributed by atoms with Gasteiger partial charge in [-0.2, -0.15) is 0 Å². The summed E-state index contributed by atoms with van der Waals surface area (Å²) in [4.78, 5) is 11.0. The number of benzene rings is 1. The molecular weight excluding hydrogens is 292 g/mol. The van der Waals surface area contributed by atoms with Crippen molar-refractivity contribution in [3.8, 4) is 0 Å². The first-order valence-corrected chi connectivity index (χ1v) is 8.43. The number of carbonyl (C=O) groups excluding carboxylic acids is 1. The third kappa shape index (κ3) is 6.24. The van der Waals surface area contributed by atoms with E-state index in [2.05, 4.69) is 11.6 Å². The molecule has 0 bridgehead atoms. The maximum atomic E-state index is 12.0. The number of amides is 1. The van der Waals surface area contributed by atoms with Gasteiger partial charge in [0.05, 0.1) is 4.90 Å². The smallest absolute Gasteiger partial charge is 0.248 e. The van der Waals surface area contributed by atoms with Gasteiger partial charge in [0, 0.05) is 25.3 Å². The van der Waals surface area contributed by atoms with Crippen LogP contribution >= 0.6 is 0 Å². The van der Waals surface area contributed by atoms with Crippen LogP contribution in [-0.4, -0.2) is 34.1 Å². The molecule has 3 N–H and O–H groups in total. The van der Waals surface area contributed by atoms with Crippen molar-refractivity contribution in [1.29, 1.82) is 0 Å². The largest absolute Gasteiger partial charge is 0.381 e. The Hall–Kier alpha value is -1.44. The zero-order valence-electron chi connectivity index (χ0n) is 12.2. The Morgan fingerprint density at radius 1 is 1.19 bits per heavy atom. The Balaban J connectivity index is 2.41. The molecule has 0 heterocycles. The zero-order valence-corrected chi connectivity index (χ0v) is 13.0. The Labute approximate surface area is 125 Å². The average molecular weight is 314 g/mol. The summed E-state index contributed by atoms with van der Waals surface area (Å²) < 4.78 is 31.8. The summed E-state index contributed by atoms with van der Waals surface area (Å²) in [6.07, 6.45) is 2.70. The van der Waals surface area contributed by atoms with E-state index in [1.807, 2.05) is 0 Å². The molecule has 0 aliphatic heterocycles. The second-order valence-electron chi connectivity index (χ2n) is 4.61. The molecule has 0 spiro atoms. The molecule has 0 unspecified atom stereocenters. The summed E-state index contributed by atoms with van der Waals surface area (Å²) in [7, 11) is -3.56. The van der Waals surface area contributed by atoms with E-state index in [1.54, 1.807) is 0 Å². The molecule has 1 rings (SSSR count). The number of nitrogens with two attached hydrogens (primary N) is 1. The van der Waals surface area contributed by atoms with Gasteiger partial charge in [0.1, 0.15) is 0 Å². The predicted molar refractivity (Wildman–Crippen MR) is 80.5 cm³/mol. The van der Waals surface area contributed by atoms with Crippen molar-refractivity contribution < 1.29 is 17.9 Å². The first-order chi connectivity index (χ1) is 9.97. The van der Waals surface area contributed by atoms with E-state index in [-0.39, 0.29) is 10.5 Å². The standard InChI is InChI=1S/C14H22N2O4S/c1-2-3-10-20-11-4-9-16-21(18,19)13-7-5-12(6-8-13)14(15)17/h5-8,16H,2-4,9-11H2,1H3,(H2,15,17). The Morgan fingerprint density at radius 3 is 2.38 bits per heavy atom. The zero-order chi connectivity index (χ0) is 15.7. The van der Waals surface area contributed by atoms with Crippen LogP contribution in [0.5, 0.6) is 0 Å². The normalized spacial score (nSPS) is 11.5. The number of nitrogens with one attached hydrogen (secondary N) is 1. The van der Waals surface area contributed by atoms with Crippen LogP contribution in [0.2, 0.25) is 0 Å². The molecule has 0 aliphatic rings. The highest BCUT2D eigenvalue weighted by atomic mass is 32.2. The lowest BCUT2D eigenvalue weighted by Gasteiger charge is -2.07. The van der Waals surface area contributed by atoms with E-state index in [1.165, 1.54) is 24.3 Å². The van der Waals surface area contributed by atoms with E-state index in [0.29, 0.717) is 26.2 Å². The number of ether oxygens (including phenoxy) is 1. The number of hydrogen-bond donors (Lipinski definition) is 2. The average Bonchev–Trinajstić information content (AvgIpc) is 2.46. The van der Waals surface area contributed by atoms with Crippen LogP contribution in [-0.2, 0) is 14.8 Å². The van der Waals surface area contributed by atoms with Crippen LogP contribution in [0.3, 0.4) is 0 Å². The Kier molecular flexibility index (Phi) is 7.35. The van der Waals surface area contributed by atoms with Gasteiger partial charge >= 0.3 is 0 Å². The third-order valence-corrected chi connectivity index (χ3v) is 4.33. The molecule has 0 aromatic heterocycles. The quantitative estimate of drug-likeness (QED) is 0.635. The highest BCUT2D eigenvalue weighted by Gasteiger charge is 2.13. The molecule has 7 heteroatoms. The lowest BCUT2D eigenvalue weighted by molar-refractivity contribution is 0.1000. The summed E-state index contributed by atoms with van der Waals surface area (Å²) in [5.41, 5.74) is 5.38. The molecular formula is C14H22N2O4S. The SMILES string of the molecule is CCCCOCCCNS(=O)(=O)c1ccc(C(N)=O)cc1. The van der Waals surface area contributed by atoms with Crippen molar-refractivity contribution in [2.75, 3.05) is 19.8 Å². The number of primary amides is 1. The van der Waals surface area contributed by atoms with Crippen LogP contribution in [0, 0.1) is 0 Å². The highest BCUT2D eigenvalue weighted by Crippen LogP contribution is 2.10. The van der Waals surface area contributed by atoms with E-state index in [9.17, 15) is 13.2 Å². The van der Waals surface area contributed by atoms with E-state index < -0.39 is 15.9 Å². The first-order valence-electron chi connectivity index (χ1n) is 6.94. The minimum atomic E-state index is -3.56. The molecule has 0 fully saturated rings. The van der Waals surface area contributed by atoms with Crippen LogP contribution in [0.15, 0.2) is 29.2 Å². The maximum Gasteiger partial charge on any atom is 0.248 e. The number of carbonyl (C=O) groups is 1.